The second-order valence-electron chi connectivity index (χ2n) is 6.88. The number of alkyl halides is 3. The second kappa shape index (κ2) is 9.68. The van der Waals surface area contributed by atoms with Crippen molar-refractivity contribution in [3.63, 3.8) is 0 Å². The van der Waals surface area contributed by atoms with Crippen molar-refractivity contribution in [2.24, 2.45) is 0 Å². The fourth-order valence-corrected chi connectivity index (χ4v) is 3.21. The lowest BCUT2D eigenvalue weighted by atomic mass is 10.1. The highest BCUT2D eigenvalue weighted by Gasteiger charge is 2.34. The van der Waals surface area contributed by atoms with Crippen LogP contribution >= 0.6 is 0 Å². The van der Waals surface area contributed by atoms with E-state index in [9.17, 15) is 18.0 Å². The number of amides is 1. The molecular weight excluding hydrogens is 439 g/mol. The zero-order valence-electron chi connectivity index (χ0n) is 18.4. The molecule has 0 unspecified atom stereocenters. The number of hydrogen-bond acceptors (Lipinski definition) is 5. The number of halogens is 3. The highest BCUT2D eigenvalue weighted by Crippen LogP contribution is 2.38. The van der Waals surface area contributed by atoms with E-state index in [1.807, 2.05) is 0 Å². The molecule has 0 atom stereocenters. The van der Waals surface area contributed by atoms with E-state index in [-0.39, 0.29) is 11.5 Å². The number of hydrogen-bond donors (Lipinski definition) is 1. The maximum absolute atomic E-state index is 13.5. The average Bonchev–Trinajstić information content (AvgIpc) is 3.15. The van der Waals surface area contributed by atoms with E-state index in [1.165, 1.54) is 57.7 Å². The zero-order chi connectivity index (χ0) is 24.2. The van der Waals surface area contributed by atoms with Crippen LogP contribution in [0, 0.1) is 6.92 Å². The summed E-state index contributed by atoms with van der Waals surface area (Å²) in [6.45, 7) is 1.62. The first-order chi connectivity index (χ1) is 15.7. The minimum Gasteiger partial charge on any atom is -0.493 e. The quantitative estimate of drug-likeness (QED) is 0.508. The molecule has 7 nitrogen and oxygen atoms in total. The Hall–Kier alpha value is -3.95. The lowest BCUT2D eigenvalue weighted by Crippen LogP contribution is -2.16. The number of aryl methyl sites for hydroxylation is 1. The highest BCUT2D eigenvalue weighted by atomic mass is 19.4. The van der Waals surface area contributed by atoms with Crippen molar-refractivity contribution in [3.8, 4) is 22.9 Å². The molecule has 3 rings (SSSR count). The summed E-state index contributed by atoms with van der Waals surface area (Å²) in [5.74, 6) is 0.770. The first kappa shape index (κ1) is 23.7. The minimum atomic E-state index is -4.58. The van der Waals surface area contributed by atoms with E-state index >= 15 is 0 Å². The molecule has 0 aliphatic rings. The molecule has 0 saturated heterocycles. The van der Waals surface area contributed by atoms with Crippen molar-refractivity contribution in [2.45, 2.75) is 13.1 Å². The monoisotopic (exact) mass is 461 g/mol. The number of ether oxygens (including phenoxy) is 3. The van der Waals surface area contributed by atoms with Crippen molar-refractivity contribution < 1.29 is 32.2 Å². The van der Waals surface area contributed by atoms with Crippen LogP contribution in [0.15, 0.2) is 48.5 Å². The predicted octanol–water partition coefficient (Wildman–Crippen LogP) is 4.88. The standard InChI is InChI=1S/C23H22F3N3O4/c1-14-11-20(29(28-14)17-8-6-5-7-16(17)23(24,25)26)27-21(30)10-9-15-12-18(31-2)22(33-4)19(13-15)32-3/h5-13H,1-4H3,(H,27,30)/b10-9+. The lowest BCUT2D eigenvalue weighted by Gasteiger charge is -2.14. The van der Waals surface area contributed by atoms with Gasteiger partial charge < -0.3 is 19.5 Å². The largest absolute Gasteiger partial charge is 0.493 e. The van der Waals surface area contributed by atoms with Crippen LogP contribution in [-0.4, -0.2) is 37.0 Å². The number of methoxy groups -OCH3 is 3. The average molecular weight is 461 g/mol. The van der Waals surface area contributed by atoms with Crippen LogP contribution in [0.4, 0.5) is 19.0 Å². The molecule has 10 heteroatoms. The van der Waals surface area contributed by atoms with Gasteiger partial charge in [-0.1, -0.05) is 12.1 Å². The zero-order valence-corrected chi connectivity index (χ0v) is 18.4. The Morgan fingerprint density at radius 1 is 1.03 bits per heavy atom. The number of benzene rings is 2. The van der Waals surface area contributed by atoms with Gasteiger partial charge in [-0.15, -0.1) is 0 Å². The molecule has 0 aliphatic carbocycles. The van der Waals surface area contributed by atoms with Gasteiger partial charge in [0.05, 0.1) is 38.3 Å². The SMILES string of the molecule is COc1cc(/C=C/C(=O)Nc2cc(C)nn2-c2ccccc2C(F)(F)F)cc(OC)c1OC. The summed E-state index contributed by atoms with van der Waals surface area (Å²) in [6.07, 6.45) is -1.83. The fraction of sp³-hybridized carbons (Fsp3) is 0.217. The predicted molar refractivity (Wildman–Crippen MR) is 117 cm³/mol. The molecule has 0 spiro atoms. The summed E-state index contributed by atoms with van der Waals surface area (Å²) < 4.78 is 57.3. The van der Waals surface area contributed by atoms with Gasteiger partial charge in [-0.2, -0.15) is 18.3 Å². The summed E-state index contributed by atoms with van der Waals surface area (Å²) in [5, 5.41) is 6.70. The van der Waals surface area contributed by atoms with Gasteiger partial charge in [-0.25, -0.2) is 4.68 Å². The molecule has 0 radical (unpaired) electrons. The number of para-hydroxylation sites is 1. The molecule has 1 aromatic heterocycles. The van der Waals surface area contributed by atoms with Crippen molar-refractivity contribution in [1.29, 1.82) is 0 Å². The van der Waals surface area contributed by atoms with Crippen molar-refractivity contribution in [3.05, 3.63) is 65.4 Å². The van der Waals surface area contributed by atoms with Gasteiger partial charge in [0.15, 0.2) is 11.5 Å². The van der Waals surface area contributed by atoms with Gasteiger partial charge in [0.25, 0.3) is 0 Å². The van der Waals surface area contributed by atoms with Crippen LogP contribution < -0.4 is 19.5 Å². The third-order valence-electron chi connectivity index (χ3n) is 4.63. The van der Waals surface area contributed by atoms with Crippen LogP contribution in [0.1, 0.15) is 16.8 Å². The summed E-state index contributed by atoms with van der Waals surface area (Å²) >= 11 is 0. The first-order valence-electron chi connectivity index (χ1n) is 9.70. The molecule has 2 aromatic carbocycles. The number of nitrogens with one attached hydrogen (secondary N) is 1. The Bertz CT molecular complexity index is 1160. The lowest BCUT2D eigenvalue weighted by molar-refractivity contribution is -0.137. The molecular formula is C23H22F3N3O4. The highest BCUT2D eigenvalue weighted by molar-refractivity contribution is 6.01. The first-order valence-corrected chi connectivity index (χ1v) is 9.70. The molecule has 3 aromatic rings. The fourth-order valence-electron chi connectivity index (χ4n) is 3.21. The van der Waals surface area contributed by atoms with E-state index in [1.54, 1.807) is 19.1 Å². The van der Waals surface area contributed by atoms with Crippen molar-refractivity contribution in [1.82, 2.24) is 9.78 Å². The van der Waals surface area contributed by atoms with E-state index in [0.29, 0.717) is 28.5 Å². The molecule has 1 heterocycles. The van der Waals surface area contributed by atoms with E-state index in [2.05, 4.69) is 10.4 Å². The van der Waals surface area contributed by atoms with Gasteiger partial charge >= 0.3 is 6.18 Å². The maximum atomic E-state index is 13.5. The molecule has 33 heavy (non-hydrogen) atoms. The smallest absolute Gasteiger partial charge is 0.418 e. The summed E-state index contributed by atoms with van der Waals surface area (Å²) in [4.78, 5) is 12.5. The Morgan fingerprint density at radius 2 is 1.67 bits per heavy atom. The van der Waals surface area contributed by atoms with E-state index in [0.717, 1.165) is 10.7 Å². The van der Waals surface area contributed by atoms with Crippen molar-refractivity contribution >= 4 is 17.8 Å². The Balaban J connectivity index is 1.89. The number of carbonyl (C=O) groups is 1. The molecule has 0 bridgehead atoms. The topological polar surface area (TPSA) is 74.6 Å². The number of anilines is 1. The Labute approximate surface area is 188 Å². The summed E-state index contributed by atoms with van der Waals surface area (Å²) in [6, 6.07) is 9.80. The van der Waals surface area contributed by atoms with Crippen LogP contribution in [0.2, 0.25) is 0 Å². The van der Waals surface area contributed by atoms with E-state index < -0.39 is 17.6 Å². The third-order valence-corrected chi connectivity index (χ3v) is 4.63. The normalized spacial score (nSPS) is 11.5. The number of aromatic nitrogens is 2. The van der Waals surface area contributed by atoms with Crippen LogP contribution in [0.3, 0.4) is 0 Å². The summed E-state index contributed by atoms with van der Waals surface area (Å²) in [7, 11) is 4.42. The van der Waals surface area contributed by atoms with Gasteiger partial charge in [0.1, 0.15) is 5.82 Å². The molecule has 0 fully saturated rings. The van der Waals surface area contributed by atoms with Gasteiger partial charge in [0.2, 0.25) is 11.7 Å². The molecule has 0 aliphatic heterocycles. The third kappa shape index (κ3) is 5.28. The maximum Gasteiger partial charge on any atom is 0.418 e. The number of rotatable bonds is 7. The molecule has 0 saturated carbocycles. The number of carbonyl (C=O) groups excluding carboxylic acids is 1. The van der Waals surface area contributed by atoms with Gasteiger partial charge in [0, 0.05) is 12.1 Å². The van der Waals surface area contributed by atoms with Gasteiger partial charge in [-0.3, -0.25) is 4.79 Å². The van der Waals surface area contributed by atoms with Crippen molar-refractivity contribution in [2.75, 3.05) is 26.6 Å². The van der Waals surface area contributed by atoms with Crippen LogP contribution in [0.25, 0.3) is 11.8 Å². The minimum absolute atomic E-state index is 0.101. The molecule has 1 amide bonds. The summed E-state index contributed by atoms with van der Waals surface area (Å²) in [5.41, 5.74) is -0.0267. The Morgan fingerprint density at radius 3 is 2.24 bits per heavy atom. The number of nitrogens with zero attached hydrogens (tertiary/aromatic N) is 2. The molecule has 174 valence electrons. The van der Waals surface area contributed by atoms with Crippen LogP contribution in [-0.2, 0) is 11.0 Å². The Kier molecular flexibility index (Phi) is 6.95. The van der Waals surface area contributed by atoms with Gasteiger partial charge in [-0.05, 0) is 42.8 Å². The molecule has 1 N–H and O–H groups in total. The van der Waals surface area contributed by atoms with E-state index in [4.69, 9.17) is 14.2 Å². The van der Waals surface area contributed by atoms with Crippen LogP contribution in [0.5, 0.6) is 17.2 Å². The second-order valence-corrected chi connectivity index (χ2v) is 6.88.